The van der Waals surface area contributed by atoms with Gasteiger partial charge in [-0.2, -0.15) is 5.26 Å². The molecule has 0 amide bonds. The average Bonchev–Trinajstić information content (AvgIpc) is 3.38. The van der Waals surface area contributed by atoms with Crippen molar-refractivity contribution in [1.29, 1.82) is 5.26 Å². The molecule has 0 saturated carbocycles. The second-order valence-electron chi connectivity index (χ2n) is 6.28. The summed E-state index contributed by atoms with van der Waals surface area (Å²) in [7, 11) is 1.56. The lowest BCUT2D eigenvalue weighted by Gasteiger charge is -2.21. The van der Waals surface area contributed by atoms with Crippen LogP contribution in [0.3, 0.4) is 0 Å². The van der Waals surface area contributed by atoms with Gasteiger partial charge in [-0.3, -0.25) is 5.01 Å². The number of aromatic amines is 1. The Morgan fingerprint density at radius 3 is 2.97 bits per heavy atom. The quantitative estimate of drug-likeness (QED) is 0.205. The number of nitrogen functional groups attached to an aromatic ring is 1. The summed E-state index contributed by atoms with van der Waals surface area (Å²) in [4.78, 5) is 8.60. The topological polar surface area (TPSA) is 117 Å². The number of thiophene rings is 1. The fourth-order valence-electron chi connectivity index (χ4n) is 2.66. The largest absolute Gasteiger partial charge is 0.481 e. The lowest BCUT2D eigenvalue weighted by molar-refractivity contribution is 0.400. The Labute approximate surface area is 176 Å². The molecule has 0 aliphatic carbocycles. The van der Waals surface area contributed by atoms with Gasteiger partial charge in [0.15, 0.2) is 5.82 Å². The summed E-state index contributed by atoms with van der Waals surface area (Å²) in [6, 6.07) is 7.31. The Morgan fingerprint density at radius 2 is 2.28 bits per heavy atom. The lowest BCUT2D eigenvalue weighted by Crippen LogP contribution is -2.25. The highest BCUT2D eigenvalue weighted by atomic mass is 32.2. The van der Waals surface area contributed by atoms with Gasteiger partial charge in [0.2, 0.25) is 5.88 Å². The Balaban J connectivity index is 1.80. The van der Waals surface area contributed by atoms with Crippen LogP contribution in [0.4, 0.5) is 21.5 Å². The average molecular weight is 433 g/mol. The minimum atomic E-state index is -0.502. The normalized spacial score (nSPS) is 11.8. The van der Waals surface area contributed by atoms with Gasteiger partial charge in [-0.05, 0) is 24.6 Å². The van der Waals surface area contributed by atoms with Crippen LogP contribution in [0.2, 0.25) is 0 Å². The van der Waals surface area contributed by atoms with Gasteiger partial charge < -0.3 is 15.5 Å². The Bertz CT molecular complexity index is 1030. The number of nitrogens with two attached hydrogens (primary N) is 2. The van der Waals surface area contributed by atoms with E-state index in [2.05, 4.69) is 16.0 Å². The number of nitrogens with one attached hydrogen (secondary N) is 1. The van der Waals surface area contributed by atoms with Gasteiger partial charge in [-0.15, -0.1) is 23.1 Å². The van der Waals surface area contributed by atoms with Crippen molar-refractivity contribution in [3.05, 3.63) is 35.6 Å². The molecule has 5 N–H and O–H groups in total. The number of nitriles is 1. The zero-order chi connectivity index (χ0) is 21.0. The summed E-state index contributed by atoms with van der Waals surface area (Å²) in [5.74, 6) is 6.93. The maximum atomic E-state index is 14.8. The molecule has 0 bridgehead atoms. The van der Waals surface area contributed by atoms with Gasteiger partial charge in [-0.25, -0.2) is 15.2 Å². The summed E-state index contributed by atoms with van der Waals surface area (Å²) >= 11 is 2.80. The molecule has 0 spiro atoms. The molecule has 0 aliphatic heterocycles. The van der Waals surface area contributed by atoms with Crippen molar-refractivity contribution in [2.75, 3.05) is 17.9 Å². The van der Waals surface area contributed by atoms with Crippen LogP contribution in [-0.2, 0) is 0 Å². The van der Waals surface area contributed by atoms with Gasteiger partial charge in [0.1, 0.15) is 5.82 Å². The van der Waals surface area contributed by atoms with Crippen molar-refractivity contribution in [3.63, 3.8) is 0 Å². The molecule has 7 nitrogen and oxygen atoms in total. The van der Waals surface area contributed by atoms with Gasteiger partial charge in [0, 0.05) is 21.9 Å². The maximum absolute atomic E-state index is 14.8. The van der Waals surface area contributed by atoms with Crippen LogP contribution < -0.4 is 21.3 Å². The monoisotopic (exact) mass is 432 g/mol. The van der Waals surface area contributed by atoms with E-state index < -0.39 is 5.82 Å². The summed E-state index contributed by atoms with van der Waals surface area (Å²) < 4.78 is 19.9. The zero-order valence-corrected chi connectivity index (χ0v) is 17.6. The molecule has 2 aromatic heterocycles. The van der Waals surface area contributed by atoms with E-state index in [4.69, 9.17) is 21.6 Å². The molecule has 1 atom stereocenters. The number of aromatic nitrogens is 2. The van der Waals surface area contributed by atoms with Gasteiger partial charge in [0.25, 0.3) is 0 Å². The second-order valence-corrected chi connectivity index (χ2v) is 8.67. The maximum Gasteiger partial charge on any atom is 0.211 e. The molecule has 2 heterocycles. The minimum Gasteiger partial charge on any atom is -0.481 e. The first kappa shape index (κ1) is 21.0. The number of hydrogen-bond donors (Lipinski definition) is 3. The first-order valence-electron chi connectivity index (χ1n) is 8.79. The molecule has 1 unspecified atom stereocenters. The van der Waals surface area contributed by atoms with E-state index in [0.717, 1.165) is 4.88 Å². The zero-order valence-electron chi connectivity index (χ0n) is 16.0. The third-order valence-electron chi connectivity index (χ3n) is 4.24. The van der Waals surface area contributed by atoms with Crippen molar-refractivity contribution in [2.45, 2.75) is 29.9 Å². The predicted molar refractivity (Wildman–Crippen MR) is 116 cm³/mol. The number of benzene rings is 1. The van der Waals surface area contributed by atoms with E-state index in [1.54, 1.807) is 25.4 Å². The van der Waals surface area contributed by atoms with E-state index in [1.165, 1.54) is 28.1 Å². The second kappa shape index (κ2) is 9.17. The van der Waals surface area contributed by atoms with Crippen molar-refractivity contribution in [2.24, 2.45) is 5.84 Å². The number of ether oxygens (including phenoxy) is 1. The van der Waals surface area contributed by atoms with E-state index >= 15 is 0 Å². The van der Waals surface area contributed by atoms with Crippen molar-refractivity contribution in [3.8, 4) is 22.7 Å². The van der Waals surface area contributed by atoms with Crippen LogP contribution in [0.1, 0.15) is 19.8 Å². The van der Waals surface area contributed by atoms with Crippen LogP contribution in [0, 0.1) is 17.1 Å². The number of nitrogens with zero attached hydrogens (tertiary/aromatic N) is 3. The highest BCUT2D eigenvalue weighted by Crippen LogP contribution is 2.39. The third kappa shape index (κ3) is 4.64. The molecule has 0 saturated heterocycles. The van der Waals surface area contributed by atoms with Crippen LogP contribution in [0.15, 0.2) is 34.7 Å². The number of H-pyrrole nitrogens is 1. The molecule has 3 rings (SSSR count). The van der Waals surface area contributed by atoms with Crippen molar-refractivity contribution in [1.82, 2.24) is 9.97 Å². The summed E-state index contributed by atoms with van der Waals surface area (Å²) in [5.41, 5.74) is 7.06. The number of anilines is 3. The van der Waals surface area contributed by atoms with Crippen LogP contribution >= 0.6 is 23.1 Å². The van der Waals surface area contributed by atoms with Crippen molar-refractivity contribution >= 4 is 40.2 Å². The molecule has 1 aromatic carbocycles. The van der Waals surface area contributed by atoms with Crippen LogP contribution in [0.25, 0.3) is 10.7 Å². The molecular weight excluding hydrogens is 411 g/mol. The molecular formula is C19H21FN6OS2. The Morgan fingerprint density at radius 1 is 1.48 bits per heavy atom. The lowest BCUT2D eigenvalue weighted by atomic mass is 10.2. The fraction of sp³-hybridized carbons (Fsp3) is 0.263. The van der Waals surface area contributed by atoms with Crippen LogP contribution in [-0.4, -0.2) is 22.3 Å². The SMILES string of the molecule is COc1cnc(-c2cc(N(N)c3ccc(SC(C)CCC#N)c(F)c3N)cs2)[nH]1. The number of imidazole rings is 1. The number of methoxy groups -OCH3 is 1. The Hall–Kier alpha value is -2.74. The first-order valence-corrected chi connectivity index (χ1v) is 10.5. The summed E-state index contributed by atoms with van der Waals surface area (Å²) in [5, 5.41) is 12.0. The van der Waals surface area contributed by atoms with E-state index in [9.17, 15) is 4.39 Å². The molecule has 0 aliphatic rings. The van der Waals surface area contributed by atoms with Crippen LogP contribution in [0.5, 0.6) is 5.88 Å². The van der Waals surface area contributed by atoms with E-state index in [-0.39, 0.29) is 10.9 Å². The fourth-order valence-corrected chi connectivity index (χ4v) is 4.52. The summed E-state index contributed by atoms with van der Waals surface area (Å²) in [6.45, 7) is 1.96. The van der Waals surface area contributed by atoms with E-state index in [1.807, 2.05) is 18.4 Å². The number of hydrogen-bond acceptors (Lipinski definition) is 8. The number of hydrazine groups is 1. The summed E-state index contributed by atoms with van der Waals surface area (Å²) in [6.07, 6.45) is 2.71. The number of thioether (sulfide) groups is 1. The first-order chi connectivity index (χ1) is 13.9. The molecule has 152 valence electrons. The highest BCUT2D eigenvalue weighted by Gasteiger charge is 2.18. The third-order valence-corrected chi connectivity index (χ3v) is 6.37. The predicted octanol–water partition coefficient (Wildman–Crippen LogP) is 4.66. The highest BCUT2D eigenvalue weighted by molar-refractivity contribution is 8.00. The standard InChI is InChI=1S/C19H21FN6OS2/c1-11(4-3-7-21)29-14-6-5-13(18(22)17(14)20)26(23)12-8-15(28-10-12)19-24-9-16(25-19)27-2/h5-6,8-11H,3-4,22-23H2,1-2H3,(H,24,25). The molecule has 29 heavy (non-hydrogen) atoms. The number of halogens is 1. The molecule has 0 radical (unpaired) electrons. The van der Waals surface area contributed by atoms with E-state index in [0.29, 0.717) is 40.8 Å². The molecule has 10 heteroatoms. The minimum absolute atomic E-state index is 0.0163. The number of rotatable bonds is 8. The van der Waals surface area contributed by atoms with Gasteiger partial charge in [0.05, 0.1) is 41.3 Å². The molecule has 0 fully saturated rings. The van der Waals surface area contributed by atoms with Crippen molar-refractivity contribution < 1.29 is 9.13 Å². The van der Waals surface area contributed by atoms with Gasteiger partial charge in [-0.1, -0.05) is 6.92 Å². The molecule has 3 aromatic rings. The Kier molecular flexibility index (Phi) is 6.64. The van der Waals surface area contributed by atoms with Gasteiger partial charge >= 0.3 is 0 Å². The smallest absolute Gasteiger partial charge is 0.211 e.